The van der Waals surface area contributed by atoms with Gasteiger partial charge in [-0.1, -0.05) is 32.1 Å². The Kier molecular flexibility index (Phi) is 7.84. The number of H-pyrrole nitrogens is 1. The number of aliphatic hydroxyl groups is 1. The van der Waals surface area contributed by atoms with Crippen LogP contribution in [0.3, 0.4) is 0 Å². The fourth-order valence-electron chi connectivity index (χ4n) is 4.88. The van der Waals surface area contributed by atoms with Crippen LogP contribution in [0.5, 0.6) is 0 Å². The quantitative estimate of drug-likeness (QED) is 0.450. The molecule has 4 rings (SSSR count). The van der Waals surface area contributed by atoms with Crippen molar-refractivity contribution in [3.05, 3.63) is 60.3 Å². The number of aromatic nitrogens is 2. The second-order valence-electron chi connectivity index (χ2n) is 9.16. The van der Waals surface area contributed by atoms with Gasteiger partial charge in [-0.2, -0.15) is 18.2 Å². The summed E-state index contributed by atoms with van der Waals surface area (Å²) in [5.41, 5.74) is 0.529. The Hall–Kier alpha value is -3.44. The SMILES string of the molecule is C=C/C(=C\C(=C)C(F)(F)F)C(=O)/N=c1\[nH]c2cc(N3CCOCC3=O)ccc2n1C1CCCCC1CO. The maximum atomic E-state index is 13.0. The minimum absolute atomic E-state index is 0.0159. The minimum Gasteiger partial charge on any atom is -0.396 e. The van der Waals surface area contributed by atoms with Crippen molar-refractivity contribution in [2.75, 3.05) is 31.3 Å². The number of fused-ring (bicyclic) bond motifs is 1. The van der Waals surface area contributed by atoms with Crippen molar-refractivity contribution in [3.8, 4) is 0 Å². The number of ether oxygens (including phenoxy) is 1. The number of morpholine rings is 1. The molecule has 2 unspecified atom stereocenters. The molecule has 2 heterocycles. The van der Waals surface area contributed by atoms with E-state index in [9.17, 15) is 27.9 Å². The number of aromatic amines is 1. The molecular formula is C26H29F3N4O4. The van der Waals surface area contributed by atoms with E-state index in [1.54, 1.807) is 17.0 Å². The van der Waals surface area contributed by atoms with Crippen molar-refractivity contribution < 1.29 is 32.6 Å². The Morgan fingerprint density at radius 1 is 1.30 bits per heavy atom. The van der Waals surface area contributed by atoms with Gasteiger partial charge in [-0.25, -0.2) is 0 Å². The number of carbonyl (C=O) groups excluding carboxylic acids is 2. The maximum absolute atomic E-state index is 13.0. The van der Waals surface area contributed by atoms with E-state index in [0.717, 1.165) is 31.8 Å². The van der Waals surface area contributed by atoms with E-state index in [2.05, 4.69) is 23.1 Å². The number of carbonyl (C=O) groups is 2. The Balaban J connectivity index is 1.84. The fraction of sp³-hybridized carbons (Fsp3) is 0.423. The number of alkyl halides is 3. The highest BCUT2D eigenvalue weighted by Gasteiger charge is 2.31. The van der Waals surface area contributed by atoms with Crippen LogP contribution in [0.4, 0.5) is 18.9 Å². The van der Waals surface area contributed by atoms with Crippen LogP contribution >= 0.6 is 0 Å². The van der Waals surface area contributed by atoms with Gasteiger partial charge in [0.15, 0.2) is 0 Å². The minimum atomic E-state index is -4.70. The van der Waals surface area contributed by atoms with Gasteiger partial charge in [-0.05, 0) is 37.1 Å². The van der Waals surface area contributed by atoms with Crippen molar-refractivity contribution in [1.82, 2.24) is 9.55 Å². The first-order chi connectivity index (χ1) is 17.6. The fourth-order valence-corrected chi connectivity index (χ4v) is 4.88. The van der Waals surface area contributed by atoms with Crippen LogP contribution in [-0.2, 0) is 14.3 Å². The van der Waals surface area contributed by atoms with Crippen LogP contribution in [0, 0.1) is 5.92 Å². The standard InChI is InChI=1S/C26H29F3N4O4/c1-3-17(12-16(2)26(27,28)29)24(36)31-25-30-20-13-19(32-10-11-37-15-23(32)35)8-9-22(20)33(25)21-7-5-4-6-18(21)14-34/h3,8-9,12-13,18,21,34H,1-2,4-7,10-11,14-15H2,(H,30,31,36)/b17-12+. The first kappa shape index (κ1) is 26.6. The lowest BCUT2D eigenvalue weighted by molar-refractivity contribution is -0.125. The van der Waals surface area contributed by atoms with Crippen LogP contribution in [-0.4, -0.2) is 59.0 Å². The molecule has 2 amide bonds. The van der Waals surface area contributed by atoms with Crippen molar-refractivity contribution in [2.24, 2.45) is 10.9 Å². The molecule has 0 spiro atoms. The normalized spacial score (nSPS) is 21.9. The number of hydrogen-bond donors (Lipinski definition) is 2. The van der Waals surface area contributed by atoms with Crippen molar-refractivity contribution in [1.29, 1.82) is 0 Å². The summed E-state index contributed by atoms with van der Waals surface area (Å²) in [5.74, 6) is -1.18. The number of nitrogens with zero attached hydrogens (tertiary/aromatic N) is 3. The van der Waals surface area contributed by atoms with E-state index in [1.807, 2.05) is 10.6 Å². The number of nitrogens with one attached hydrogen (secondary N) is 1. The van der Waals surface area contributed by atoms with Crippen molar-refractivity contribution in [2.45, 2.75) is 37.9 Å². The number of imidazole rings is 1. The smallest absolute Gasteiger partial charge is 0.396 e. The van der Waals surface area contributed by atoms with E-state index in [4.69, 9.17) is 4.74 Å². The van der Waals surface area contributed by atoms with Crippen LogP contribution in [0.25, 0.3) is 11.0 Å². The van der Waals surface area contributed by atoms with Gasteiger partial charge in [0.05, 0.1) is 17.6 Å². The van der Waals surface area contributed by atoms with Gasteiger partial charge in [0, 0.05) is 41.9 Å². The zero-order valence-electron chi connectivity index (χ0n) is 20.3. The summed E-state index contributed by atoms with van der Waals surface area (Å²) in [6.07, 6.45) is 0.329. The molecule has 1 saturated carbocycles. The van der Waals surface area contributed by atoms with Crippen molar-refractivity contribution >= 4 is 28.5 Å². The number of anilines is 1. The molecule has 198 valence electrons. The van der Waals surface area contributed by atoms with Gasteiger partial charge < -0.3 is 24.3 Å². The number of allylic oxidation sites excluding steroid dienone is 2. The number of amides is 2. The van der Waals surface area contributed by atoms with Gasteiger partial charge >= 0.3 is 6.18 Å². The third-order valence-electron chi connectivity index (χ3n) is 6.82. The van der Waals surface area contributed by atoms with Gasteiger partial charge in [-0.3, -0.25) is 9.59 Å². The zero-order chi connectivity index (χ0) is 26.7. The Bertz CT molecular complexity index is 1320. The predicted molar refractivity (Wildman–Crippen MR) is 132 cm³/mol. The summed E-state index contributed by atoms with van der Waals surface area (Å²) in [6.45, 7) is 7.17. The van der Waals surface area contributed by atoms with Crippen LogP contribution in [0.15, 0.2) is 59.6 Å². The molecule has 2 aromatic rings. The van der Waals surface area contributed by atoms with Crippen LogP contribution < -0.4 is 10.5 Å². The number of aliphatic hydroxyl groups excluding tert-OH is 1. The van der Waals surface area contributed by atoms with E-state index < -0.39 is 17.7 Å². The van der Waals surface area contributed by atoms with Gasteiger partial charge in [0.2, 0.25) is 5.62 Å². The molecule has 1 aliphatic heterocycles. The van der Waals surface area contributed by atoms with Crippen LogP contribution in [0.1, 0.15) is 31.7 Å². The van der Waals surface area contributed by atoms with Crippen molar-refractivity contribution in [3.63, 3.8) is 0 Å². The molecular weight excluding hydrogens is 489 g/mol. The summed E-state index contributed by atoms with van der Waals surface area (Å²) < 4.78 is 46.0. The van der Waals surface area contributed by atoms with E-state index in [1.165, 1.54) is 0 Å². The lowest BCUT2D eigenvalue weighted by Crippen LogP contribution is -2.41. The molecule has 1 aliphatic carbocycles. The Morgan fingerprint density at radius 3 is 2.73 bits per heavy atom. The molecule has 2 aliphatic rings. The van der Waals surface area contributed by atoms with Gasteiger partial charge in [0.1, 0.15) is 6.61 Å². The second kappa shape index (κ2) is 10.9. The largest absolute Gasteiger partial charge is 0.415 e. The summed E-state index contributed by atoms with van der Waals surface area (Å²) in [7, 11) is 0. The molecule has 2 fully saturated rings. The molecule has 2 atom stereocenters. The average molecular weight is 519 g/mol. The summed E-state index contributed by atoms with van der Waals surface area (Å²) in [5, 5.41) is 10.0. The maximum Gasteiger partial charge on any atom is 0.415 e. The topological polar surface area (TPSA) is 99.9 Å². The first-order valence-corrected chi connectivity index (χ1v) is 12.1. The molecule has 8 nitrogen and oxygen atoms in total. The zero-order valence-corrected chi connectivity index (χ0v) is 20.3. The Labute approximate surface area is 211 Å². The number of rotatable bonds is 6. The molecule has 1 saturated heterocycles. The molecule has 1 aromatic carbocycles. The number of hydrogen-bond acceptors (Lipinski definition) is 4. The van der Waals surface area contributed by atoms with Crippen LogP contribution in [0.2, 0.25) is 0 Å². The van der Waals surface area contributed by atoms with Gasteiger partial charge in [0.25, 0.3) is 11.8 Å². The predicted octanol–water partition coefficient (Wildman–Crippen LogP) is 3.71. The number of halogens is 3. The highest BCUT2D eigenvalue weighted by Crippen LogP contribution is 2.35. The lowest BCUT2D eigenvalue weighted by atomic mass is 9.85. The molecule has 0 radical (unpaired) electrons. The summed E-state index contributed by atoms with van der Waals surface area (Å²) in [4.78, 5) is 34.2. The summed E-state index contributed by atoms with van der Waals surface area (Å²) in [6, 6.07) is 5.19. The highest BCUT2D eigenvalue weighted by molar-refractivity contribution is 5.98. The molecule has 1 aromatic heterocycles. The average Bonchev–Trinajstić information content (AvgIpc) is 3.23. The monoisotopic (exact) mass is 518 g/mol. The third-order valence-corrected chi connectivity index (χ3v) is 6.82. The molecule has 2 N–H and O–H groups in total. The van der Waals surface area contributed by atoms with E-state index in [0.29, 0.717) is 35.9 Å². The highest BCUT2D eigenvalue weighted by atomic mass is 19.4. The second-order valence-corrected chi connectivity index (χ2v) is 9.16. The molecule has 0 bridgehead atoms. The molecule has 11 heteroatoms. The Morgan fingerprint density at radius 2 is 2.05 bits per heavy atom. The summed E-state index contributed by atoms with van der Waals surface area (Å²) >= 11 is 0. The third kappa shape index (κ3) is 5.62. The molecule has 37 heavy (non-hydrogen) atoms. The van der Waals surface area contributed by atoms with E-state index >= 15 is 0 Å². The number of benzene rings is 1. The first-order valence-electron chi connectivity index (χ1n) is 12.1. The lowest BCUT2D eigenvalue weighted by Gasteiger charge is -2.31. The van der Waals surface area contributed by atoms with E-state index in [-0.39, 0.29) is 42.3 Å². The van der Waals surface area contributed by atoms with Gasteiger partial charge in [-0.15, -0.1) is 0 Å².